The zero-order valence-corrected chi connectivity index (χ0v) is 19.3. The summed E-state index contributed by atoms with van der Waals surface area (Å²) in [6.45, 7) is 1.86. The second-order valence-electron chi connectivity index (χ2n) is 5.53. The normalized spacial score (nSPS) is 10.8. The lowest BCUT2D eigenvalue weighted by atomic mass is 10.2. The van der Waals surface area contributed by atoms with Gasteiger partial charge < -0.3 is 14.8 Å². The number of carbonyl (C=O) groups excluding carboxylic acids is 2. The topological polar surface area (TPSA) is 95.3 Å². The zero-order chi connectivity index (χ0) is 21.0. The van der Waals surface area contributed by atoms with E-state index in [9.17, 15) is 9.59 Å². The van der Waals surface area contributed by atoms with Crippen molar-refractivity contribution in [2.24, 2.45) is 0 Å². The molecule has 2 aromatic heterocycles. The van der Waals surface area contributed by atoms with Gasteiger partial charge in [0.05, 0.1) is 22.0 Å². The molecule has 0 saturated carbocycles. The largest absolute Gasteiger partial charge is 0.466 e. The highest BCUT2D eigenvalue weighted by atomic mass is 127. The Morgan fingerprint density at radius 2 is 2.00 bits per heavy atom. The molecule has 0 aliphatic rings. The molecule has 0 bridgehead atoms. The molecule has 0 spiro atoms. The first-order valence-corrected chi connectivity index (χ1v) is 12.2. The molecule has 1 aromatic carbocycles. The summed E-state index contributed by atoms with van der Waals surface area (Å²) < 4.78 is 12.4. The zero-order valence-electron chi connectivity index (χ0n) is 14.8. The summed E-state index contributed by atoms with van der Waals surface area (Å²) in [4.78, 5) is 31.7. The van der Waals surface area contributed by atoms with Crippen LogP contribution in [-0.4, -0.2) is 32.4 Å². The van der Waals surface area contributed by atoms with E-state index in [1.807, 2.05) is 16.2 Å². The maximum Gasteiger partial charge on any atom is 0.315 e. The number of carbonyl (C=O) groups is 2. The lowest BCUT2D eigenvalue weighted by molar-refractivity contribution is -0.145. The molecular formula is C17H13Cl2IN4O4S. The number of hydrogen-bond donors (Lipinski definition) is 1. The number of benzene rings is 1. The average molecular weight is 567 g/mol. The van der Waals surface area contributed by atoms with Crippen LogP contribution >= 0.6 is 53.5 Å². The first kappa shape index (κ1) is 21.9. The Balaban J connectivity index is 1.81. The SMILES string of the molecule is CCOC(=O)CC(=O)Nc1cc(Cl)c(Oc2ncnc3c2ccn3SI)c(Cl)c1. The predicted molar refractivity (Wildman–Crippen MR) is 121 cm³/mol. The van der Waals surface area contributed by atoms with Gasteiger partial charge in [-0.15, -0.1) is 0 Å². The number of ether oxygens (including phenoxy) is 2. The van der Waals surface area contributed by atoms with E-state index in [2.05, 4.69) is 36.5 Å². The van der Waals surface area contributed by atoms with E-state index in [1.165, 1.54) is 27.6 Å². The van der Waals surface area contributed by atoms with Crippen LogP contribution in [0.25, 0.3) is 11.0 Å². The molecule has 2 heterocycles. The Morgan fingerprint density at radius 1 is 1.28 bits per heavy atom. The minimum atomic E-state index is -0.619. The maximum atomic E-state index is 11.9. The van der Waals surface area contributed by atoms with Gasteiger partial charge >= 0.3 is 5.97 Å². The van der Waals surface area contributed by atoms with E-state index in [-0.39, 0.29) is 22.4 Å². The van der Waals surface area contributed by atoms with Gasteiger partial charge in [0, 0.05) is 42.2 Å². The molecule has 12 heteroatoms. The fraction of sp³-hybridized carbons (Fsp3) is 0.176. The van der Waals surface area contributed by atoms with Crippen molar-refractivity contribution in [1.82, 2.24) is 13.9 Å². The summed E-state index contributed by atoms with van der Waals surface area (Å²) in [6.07, 6.45) is 2.81. The molecule has 152 valence electrons. The van der Waals surface area contributed by atoms with Crippen molar-refractivity contribution >= 4 is 82.1 Å². The summed E-state index contributed by atoms with van der Waals surface area (Å²) in [5.74, 6) is -0.681. The van der Waals surface area contributed by atoms with Crippen molar-refractivity contribution in [3.05, 3.63) is 40.8 Å². The fourth-order valence-electron chi connectivity index (χ4n) is 2.42. The van der Waals surface area contributed by atoms with Crippen LogP contribution in [-0.2, 0) is 14.3 Å². The molecule has 29 heavy (non-hydrogen) atoms. The predicted octanol–water partition coefficient (Wildman–Crippen LogP) is 5.27. The van der Waals surface area contributed by atoms with Gasteiger partial charge in [0.1, 0.15) is 12.7 Å². The Morgan fingerprint density at radius 3 is 2.66 bits per heavy atom. The molecule has 0 saturated heterocycles. The van der Waals surface area contributed by atoms with Crippen molar-refractivity contribution < 1.29 is 19.1 Å². The third kappa shape index (κ3) is 5.24. The number of anilines is 1. The van der Waals surface area contributed by atoms with Crippen LogP contribution in [0.5, 0.6) is 11.6 Å². The number of rotatable bonds is 7. The molecule has 0 unspecified atom stereocenters. The second kappa shape index (κ2) is 9.83. The minimum Gasteiger partial charge on any atom is -0.466 e. The molecule has 3 rings (SSSR count). The molecule has 0 aliphatic heterocycles. The number of halogens is 3. The summed E-state index contributed by atoms with van der Waals surface area (Å²) in [6, 6.07) is 4.76. The van der Waals surface area contributed by atoms with Crippen LogP contribution in [0.15, 0.2) is 30.7 Å². The van der Waals surface area contributed by atoms with E-state index in [4.69, 9.17) is 32.7 Å². The molecule has 0 fully saturated rings. The van der Waals surface area contributed by atoms with Crippen LogP contribution < -0.4 is 10.1 Å². The van der Waals surface area contributed by atoms with Crippen molar-refractivity contribution in [2.75, 3.05) is 11.9 Å². The second-order valence-corrected chi connectivity index (χ2v) is 8.06. The van der Waals surface area contributed by atoms with Crippen LogP contribution in [0.4, 0.5) is 5.69 Å². The smallest absolute Gasteiger partial charge is 0.315 e. The third-order valence-corrected chi connectivity index (χ3v) is 5.85. The highest BCUT2D eigenvalue weighted by Crippen LogP contribution is 2.40. The van der Waals surface area contributed by atoms with Gasteiger partial charge in [-0.05, 0) is 25.1 Å². The first-order valence-electron chi connectivity index (χ1n) is 8.16. The van der Waals surface area contributed by atoms with Crippen LogP contribution in [0, 0.1) is 0 Å². The molecule has 3 aromatic rings. The quantitative estimate of drug-likeness (QED) is 0.236. The number of amides is 1. The van der Waals surface area contributed by atoms with Gasteiger partial charge in [-0.1, -0.05) is 23.2 Å². The Hall–Kier alpha value is -1.76. The van der Waals surface area contributed by atoms with Crippen molar-refractivity contribution in [3.8, 4) is 11.6 Å². The van der Waals surface area contributed by atoms with Crippen LogP contribution in [0.2, 0.25) is 10.0 Å². The van der Waals surface area contributed by atoms with Crippen molar-refractivity contribution in [3.63, 3.8) is 0 Å². The van der Waals surface area contributed by atoms with Crippen molar-refractivity contribution in [1.29, 1.82) is 0 Å². The molecule has 0 radical (unpaired) electrons. The van der Waals surface area contributed by atoms with Gasteiger partial charge in [0.25, 0.3) is 0 Å². The first-order chi connectivity index (χ1) is 13.9. The minimum absolute atomic E-state index is 0.165. The standard InChI is InChI=1S/C17H13Cl2IN4O4S/c1-2-27-14(26)7-13(25)23-9-5-11(18)15(12(19)6-9)28-17-10-3-4-24(29-20)16(10)21-8-22-17/h3-6,8H,2,7H2,1H3,(H,23,25). The Kier molecular flexibility index (Phi) is 7.44. The highest BCUT2D eigenvalue weighted by molar-refractivity contribution is 14.2. The van der Waals surface area contributed by atoms with Gasteiger partial charge in [0.15, 0.2) is 11.4 Å². The van der Waals surface area contributed by atoms with Gasteiger partial charge in [0.2, 0.25) is 11.8 Å². The summed E-state index contributed by atoms with van der Waals surface area (Å²) in [5.41, 5.74) is 1.01. The molecule has 8 nitrogen and oxygen atoms in total. The van der Waals surface area contributed by atoms with E-state index < -0.39 is 18.3 Å². The number of aromatic nitrogens is 3. The number of hydrogen-bond acceptors (Lipinski definition) is 7. The summed E-state index contributed by atoms with van der Waals surface area (Å²) in [7, 11) is 1.46. The van der Waals surface area contributed by atoms with Gasteiger partial charge in [-0.25, -0.2) is 9.97 Å². The molecule has 1 amide bonds. The molecule has 0 aliphatic carbocycles. The Labute approximate surface area is 192 Å². The van der Waals surface area contributed by atoms with E-state index >= 15 is 0 Å². The summed E-state index contributed by atoms with van der Waals surface area (Å²) >= 11 is 14.7. The Bertz CT molecular complexity index is 1060. The van der Waals surface area contributed by atoms with Gasteiger partial charge in [-0.3, -0.25) is 13.6 Å². The molecule has 0 atom stereocenters. The number of nitrogens with zero attached hydrogens (tertiary/aromatic N) is 3. The maximum absolute atomic E-state index is 11.9. The van der Waals surface area contributed by atoms with Gasteiger partial charge in [-0.2, -0.15) is 0 Å². The van der Waals surface area contributed by atoms with Crippen LogP contribution in [0.3, 0.4) is 0 Å². The fourth-order valence-corrected chi connectivity index (χ4v) is 4.25. The number of nitrogens with one attached hydrogen (secondary N) is 1. The summed E-state index contributed by atoms with van der Waals surface area (Å²) in [5, 5.41) is 3.57. The lowest BCUT2D eigenvalue weighted by Gasteiger charge is -2.12. The number of fused-ring (bicyclic) bond motifs is 1. The number of esters is 1. The van der Waals surface area contributed by atoms with E-state index in [0.29, 0.717) is 22.6 Å². The monoisotopic (exact) mass is 566 g/mol. The van der Waals surface area contributed by atoms with Crippen LogP contribution in [0.1, 0.15) is 13.3 Å². The van der Waals surface area contributed by atoms with Crippen molar-refractivity contribution in [2.45, 2.75) is 13.3 Å². The van der Waals surface area contributed by atoms with E-state index in [1.54, 1.807) is 6.92 Å². The lowest BCUT2D eigenvalue weighted by Crippen LogP contribution is -2.18. The average Bonchev–Trinajstić information content (AvgIpc) is 3.08. The highest BCUT2D eigenvalue weighted by Gasteiger charge is 2.17. The third-order valence-electron chi connectivity index (χ3n) is 3.58. The van der Waals surface area contributed by atoms with E-state index in [0.717, 1.165) is 0 Å². The molecule has 1 N–H and O–H groups in total. The molecular weight excluding hydrogens is 554 g/mol.